The van der Waals surface area contributed by atoms with E-state index in [1.807, 2.05) is 12.5 Å². The van der Waals surface area contributed by atoms with E-state index in [4.69, 9.17) is 11.6 Å². The molecule has 0 unspecified atom stereocenters. The molecule has 2 nitrogen and oxygen atoms in total. The third-order valence-electron chi connectivity index (χ3n) is 2.13. The molecule has 0 radical (unpaired) electrons. The van der Waals surface area contributed by atoms with Crippen molar-refractivity contribution in [2.24, 2.45) is 0 Å². The predicted molar refractivity (Wildman–Crippen MR) is 40.2 cm³/mol. The maximum Gasteiger partial charge on any atom is 0.0951 e. The summed E-state index contributed by atoms with van der Waals surface area (Å²) in [5.74, 6) is 0.712. The molecule has 1 aliphatic rings. The van der Waals surface area contributed by atoms with Crippen LogP contribution in [0.1, 0.15) is 12.8 Å². The first-order valence-corrected chi connectivity index (χ1v) is 3.95. The zero-order valence-electron chi connectivity index (χ0n) is 5.63. The summed E-state index contributed by atoms with van der Waals surface area (Å²) in [6.07, 6.45) is 8.02. The van der Waals surface area contributed by atoms with Crippen molar-refractivity contribution in [2.75, 3.05) is 5.88 Å². The van der Waals surface area contributed by atoms with Crippen LogP contribution < -0.4 is 0 Å². The van der Waals surface area contributed by atoms with E-state index >= 15 is 0 Å². The van der Waals surface area contributed by atoms with Gasteiger partial charge in [0, 0.05) is 18.3 Å². The van der Waals surface area contributed by atoms with Crippen LogP contribution in [-0.2, 0) is 5.54 Å². The molecule has 3 heteroatoms. The predicted octanol–water partition coefficient (Wildman–Crippen LogP) is 1.61. The van der Waals surface area contributed by atoms with Crippen LogP contribution in [0.2, 0.25) is 0 Å². The summed E-state index contributed by atoms with van der Waals surface area (Å²) in [7, 11) is 0. The van der Waals surface area contributed by atoms with Crippen molar-refractivity contribution in [3.63, 3.8) is 0 Å². The third kappa shape index (κ3) is 0.754. The minimum Gasteiger partial charge on any atom is -0.330 e. The monoisotopic (exact) mass is 156 g/mol. The number of halogens is 1. The summed E-state index contributed by atoms with van der Waals surface area (Å²) >= 11 is 5.80. The molecule has 1 saturated carbocycles. The molecule has 0 aromatic carbocycles. The van der Waals surface area contributed by atoms with Crippen LogP contribution in [0.25, 0.3) is 0 Å². The van der Waals surface area contributed by atoms with Gasteiger partial charge >= 0.3 is 0 Å². The van der Waals surface area contributed by atoms with Crippen LogP contribution in [0.5, 0.6) is 0 Å². The number of aromatic nitrogens is 2. The average Bonchev–Trinajstić information content (AvgIpc) is 2.58. The Labute approximate surface area is 64.8 Å². The van der Waals surface area contributed by atoms with Gasteiger partial charge in [0.15, 0.2) is 0 Å². The molecule has 1 aromatic heterocycles. The van der Waals surface area contributed by atoms with Gasteiger partial charge in [-0.1, -0.05) is 0 Å². The normalized spacial score (nSPS) is 20.9. The van der Waals surface area contributed by atoms with Crippen molar-refractivity contribution in [1.29, 1.82) is 0 Å². The zero-order valence-corrected chi connectivity index (χ0v) is 6.38. The quantitative estimate of drug-likeness (QED) is 0.595. The number of hydrogen-bond acceptors (Lipinski definition) is 1. The fraction of sp³-hybridized carbons (Fsp3) is 0.571. The topological polar surface area (TPSA) is 17.8 Å². The maximum atomic E-state index is 5.80. The van der Waals surface area contributed by atoms with Crippen LogP contribution in [-0.4, -0.2) is 15.4 Å². The molecule has 0 bridgehead atoms. The van der Waals surface area contributed by atoms with Crippen molar-refractivity contribution < 1.29 is 0 Å². The minimum atomic E-state index is 0.234. The van der Waals surface area contributed by atoms with Gasteiger partial charge in [-0.2, -0.15) is 0 Å². The highest BCUT2D eigenvalue weighted by Crippen LogP contribution is 2.43. The first-order chi connectivity index (χ1) is 4.87. The highest BCUT2D eigenvalue weighted by atomic mass is 35.5. The Hall–Kier alpha value is -0.500. The maximum absolute atomic E-state index is 5.80. The molecule has 2 rings (SSSR count). The highest BCUT2D eigenvalue weighted by Gasteiger charge is 2.43. The Morgan fingerprint density at radius 1 is 1.60 bits per heavy atom. The van der Waals surface area contributed by atoms with Gasteiger partial charge in [0.1, 0.15) is 0 Å². The lowest BCUT2D eigenvalue weighted by Gasteiger charge is -2.11. The Morgan fingerprint density at radius 2 is 2.40 bits per heavy atom. The lowest BCUT2D eigenvalue weighted by Crippen LogP contribution is -2.16. The van der Waals surface area contributed by atoms with Crippen molar-refractivity contribution in [1.82, 2.24) is 9.55 Å². The first-order valence-electron chi connectivity index (χ1n) is 3.42. The lowest BCUT2D eigenvalue weighted by molar-refractivity contribution is 0.538. The van der Waals surface area contributed by atoms with Gasteiger partial charge in [-0.05, 0) is 12.8 Å². The van der Waals surface area contributed by atoms with Gasteiger partial charge in [0.2, 0.25) is 0 Å². The van der Waals surface area contributed by atoms with E-state index in [1.54, 1.807) is 6.20 Å². The molecule has 10 heavy (non-hydrogen) atoms. The molecular formula is C7H9ClN2. The Bertz CT molecular complexity index is 214. The van der Waals surface area contributed by atoms with Gasteiger partial charge in [-0.25, -0.2) is 4.98 Å². The third-order valence-corrected chi connectivity index (χ3v) is 2.63. The summed E-state index contributed by atoms with van der Waals surface area (Å²) in [6.45, 7) is 0. The number of nitrogens with zero attached hydrogens (tertiary/aromatic N) is 2. The standard InChI is InChI=1S/C7H9ClN2/c8-5-7(1-2-7)10-4-3-9-6-10/h3-4,6H,1-2,5H2. The SMILES string of the molecule is ClCC1(n2ccnc2)CC1. The molecule has 1 aromatic rings. The number of hydrogen-bond donors (Lipinski definition) is 0. The van der Waals surface area contributed by atoms with Crippen LogP contribution in [0.3, 0.4) is 0 Å². The summed E-state index contributed by atoms with van der Waals surface area (Å²) in [5, 5.41) is 0. The number of imidazole rings is 1. The van der Waals surface area contributed by atoms with Gasteiger partial charge < -0.3 is 4.57 Å². The smallest absolute Gasteiger partial charge is 0.0951 e. The second-order valence-corrected chi connectivity index (χ2v) is 3.10. The van der Waals surface area contributed by atoms with Gasteiger partial charge in [0.05, 0.1) is 11.9 Å². The van der Waals surface area contributed by atoms with Crippen LogP contribution in [0.15, 0.2) is 18.7 Å². The molecule has 54 valence electrons. The molecule has 0 atom stereocenters. The van der Waals surface area contributed by atoms with E-state index in [0.29, 0.717) is 5.88 Å². The van der Waals surface area contributed by atoms with Gasteiger partial charge in [-0.3, -0.25) is 0 Å². The molecule has 1 fully saturated rings. The summed E-state index contributed by atoms with van der Waals surface area (Å²) in [4.78, 5) is 3.98. The zero-order chi connectivity index (χ0) is 7.03. The van der Waals surface area contributed by atoms with E-state index in [-0.39, 0.29) is 5.54 Å². The van der Waals surface area contributed by atoms with E-state index < -0.39 is 0 Å². The van der Waals surface area contributed by atoms with Crippen LogP contribution in [0, 0.1) is 0 Å². The van der Waals surface area contributed by atoms with Crippen LogP contribution >= 0.6 is 11.6 Å². The molecule has 0 saturated heterocycles. The summed E-state index contributed by atoms with van der Waals surface area (Å²) in [5.41, 5.74) is 0.234. The largest absolute Gasteiger partial charge is 0.330 e. The van der Waals surface area contributed by atoms with Crippen LogP contribution in [0.4, 0.5) is 0 Å². The van der Waals surface area contributed by atoms with Crippen molar-refractivity contribution in [3.8, 4) is 0 Å². The van der Waals surface area contributed by atoms with Crippen molar-refractivity contribution in [3.05, 3.63) is 18.7 Å². The number of rotatable bonds is 2. The molecular weight excluding hydrogens is 148 g/mol. The number of alkyl halides is 1. The second kappa shape index (κ2) is 1.99. The molecule has 0 N–H and O–H groups in total. The molecule has 0 amide bonds. The Balaban J connectivity index is 2.27. The minimum absolute atomic E-state index is 0.234. The fourth-order valence-corrected chi connectivity index (χ4v) is 1.55. The first kappa shape index (κ1) is 6.23. The van der Waals surface area contributed by atoms with Crippen molar-refractivity contribution >= 4 is 11.6 Å². The lowest BCUT2D eigenvalue weighted by atomic mass is 10.3. The summed E-state index contributed by atoms with van der Waals surface area (Å²) in [6, 6.07) is 0. The fourth-order valence-electron chi connectivity index (χ4n) is 1.14. The van der Waals surface area contributed by atoms with E-state index in [0.717, 1.165) is 0 Å². The van der Waals surface area contributed by atoms with E-state index in [9.17, 15) is 0 Å². The van der Waals surface area contributed by atoms with Gasteiger partial charge in [-0.15, -0.1) is 11.6 Å². The molecule has 1 heterocycles. The Morgan fingerprint density at radius 3 is 2.80 bits per heavy atom. The Kier molecular flexibility index (Phi) is 1.24. The molecule has 0 spiro atoms. The van der Waals surface area contributed by atoms with Gasteiger partial charge in [0.25, 0.3) is 0 Å². The molecule has 1 aliphatic carbocycles. The average molecular weight is 157 g/mol. The summed E-state index contributed by atoms with van der Waals surface area (Å²) < 4.78 is 2.11. The second-order valence-electron chi connectivity index (χ2n) is 2.83. The molecule has 0 aliphatic heterocycles. The highest BCUT2D eigenvalue weighted by molar-refractivity contribution is 6.18. The van der Waals surface area contributed by atoms with E-state index in [2.05, 4.69) is 9.55 Å². The van der Waals surface area contributed by atoms with E-state index in [1.165, 1.54) is 12.8 Å². The van der Waals surface area contributed by atoms with Crippen molar-refractivity contribution in [2.45, 2.75) is 18.4 Å².